The van der Waals surface area contributed by atoms with E-state index in [1.807, 2.05) is 0 Å². The van der Waals surface area contributed by atoms with Crippen LogP contribution in [0.5, 0.6) is 5.75 Å². The maximum atomic E-state index is 11.9. The van der Waals surface area contributed by atoms with Gasteiger partial charge in [0.15, 0.2) is 16.8 Å². The molecule has 0 saturated carbocycles. The molecule has 5 nitrogen and oxygen atoms in total. The lowest BCUT2D eigenvalue weighted by atomic mass is 9.97. The summed E-state index contributed by atoms with van der Waals surface area (Å²) in [6.07, 6.45) is 0. The topological polar surface area (TPSA) is 69.4 Å². The molecule has 22 heavy (non-hydrogen) atoms. The van der Waals surface area contributed by atoms with Gasteiger partial charge in [-0.05, 0) is 45.0 Å². The van der Waals surface area contributed by atoms with Crippen LogP contribution >= 0.6 is 0 Å². The summed E-state index contributed by atoms with van der Waals surface area (Å²) in [7, 11) is 0. The molecule has 0 N–H and O–H groups in total. The molecule has 1 aliphatic carbocycles. The highest BCUT2D eigenvalue weighted by Crippen LogP contribution is 2.27. The van der Waals surface area contributed by atoms with Crippen LogP contribution in [0.1, 0.15) is 20.8 Å². The Morgan fingerprint density at radius 1 is 1.14 bits per heavy atom. The average Bonchev–Trinajstić information content (AvgIpc) is 2.44. The van der Waals surface area contributed by atoms with Gasteiger partial charge >= 0.3 is 5.97 Å². The van der Waals surface area contributed by atoms with Gasteiger partial charge in [0.1, 0.15) is 17.0 Å². The minimum absolute atomic E-state index is 0.146. The van der Waals surface area contributed by atoms with Crippen LogP contribution in [0, 0.1) is 5.41 Å². The molecule has 0 bridgehead atoms. The van der Waals surface area contributed by atoms with Gasteiger partial charge in [-0.1, -0.05) is 0 Å². The van der Waals surface area contributed by atoms with Crippen molar-refractivity contribution in [3.63, 3.8) is 0 Å². The number of nitrogens with zero attached hydrogens (tertiary/aromatic N) is 1. The SMILES string of the molecule is CC(C)(C)C(=O)Oc1ccc2nc3ccc(=O)cc-3oc2c1. The molecule has 1 heterocycles. The summed E-state index contributed by atoms with van der Waals surface area (Å²) in [6.45, 7) is 5.35. The third-order valence-electron chi connectivity index (χ3n) is 3.15. The van der Waals surface area contributed by atoms with Crippen molar-refractivity contribution in [2.24, 2.45) is 5.41 Å². The molecule has 0 radical (unpaired) electrons. The minimum atomic E-state index is -0.592. The van der Waals surface area contributed by atoms with E-state index in [1.54, 1.807) is 45.0 Å². The molecule has 2 aliphatic rings. The van der Waals surface area contributed by atoms with Gasteiger partial charge < -0.3 is 9.15 Å². The zero-order valence-electron chi connectivity index (χ0n) is 12.5. The molecule has 1 aromatic rings. The predicted molar refractivity (Wildman–Crippen MR) is 82.0 cm³/mol. The maximum Gasteiger partial charge on any atom is 0.316 e. The van der Waals surface area contributed by atoms with Crippen LogP contribution < -0.4 is 10.2 Å². The second-order valence-electron chi connectivity index (χ2n) is 6.11. The molecular weight excluding hydrogens is 282 g/mol. The quantitative estimate of drug-likeness (QED) is 0.392. The van der Waals surface area contributed by atoms with E-state index in [9.17, 15) is 9.59 Å². The highest BCUT2D eigenvalue weighted by molar-refractivity contribution is 5.81. The molecule has 0 atom stereocenters. The van der Waals surface area contributed by atoms with E-state index < -0.39 is 5.41 Å². The first-order valence-electron chi connectivity index (χ1n) is 6.90. The molecular formula is C17H15NO4. The Hall–Kier alpha value is -2.69. The van der Waals surface area contributed by atoms with E-state index in [-0.39, 0.29) is 11.4 Å². The number of ether oxygens (including phenoxy) is 1. The number of fused-ring (bicyclic) bond motifs is 2. The van der Waals surface area contributed by atoms with Gasteiger partial charge in [0.05, 0.1) is 5.41 Å². The lowest BCUT2D eigenvalue weighted by Crippen LogP contribution is -2.25. The van der Waals surface area contributed by atoms with Crippen LogP contribution in [0.3, 0.4) is 0 Å². The molecule has 0 amide bonds. The molecule has 112 valence electrons. The highest BCUT2D eigenvalue weighted by atomic mass is 16.5. The monoisotopic (exact) mass is 297 g/mol. The van der Waals surface area contributed by atoms with Crippen molar-refractivity contribution in [1.82, 2.24) is 4.98 Å². The van der Waals surface area contributed by atoms with Crippen molar-refractivity contribution in [3.8, 4) is 17.2 Å². The fraction of sp³-hybridized carbons (Fsp3) is 0.235. The molecule has 1 aliphatic heterocycles. The first-order valence-corrected chi connectivity index (χ1v) is 6.90. The second kappa shape index (κ2) is 4.94. The Morgan fingerprint density at radius 3 is 2.64 bits per heavy atom. The van der Waals surface area contributed by atoms with Crippen molar-refractivity contribution in [2.45, 2.75) is 20.8 Å². The van der Waals surface area contributed by atoms with Crippen molar-refractivity contribution in [1.29, 1.82) is 0 Å². The van der Waals surface area contributed by atoms with E-state index >= 15 is 0 Å². The molecule has 0 fully saturated rings. The average molecular weight is 297 g/mol. The number of hydrogen-bond donors (Lipinski definition) is 0. The summed E-state index contributed by atoms with van der Waals surface area (Å²) < 4.78 is 11.0. The Bertz CT molecular complexity index is 889. The zero-order chi connectivity index (χ0) is 15.9. The predicted octanol–water partition coefficient (Wildman–Crippen LogP) is 3.24. The first-order chi connectivity index (χ1) is 10.3. The normalized spacial score (nSPS) is 11.8. The maximum absolute atomic E-state index is 11.9. The van der Waals surface area contributed by atoms with Crippen molar-refractivity contribution >= 4 is 17.1 Å². The van der Waals surface area contributed by atoms with Gasteiger partial charge in [-0.25, -0.2) is 4.98 Å². The lowest BCUT2D eigenvalue weighted by molar-refractivity contribution is -0.142. The summed E-state index contributed by atoms with van der Waals surface area (Å²) in [4.78, 5) is 27.7. The van der Waals surface area contributed by atoms with E-state index in [1.165, 1.54) is 12.1 Å². The third kappa shape index (κ3) is 2.70. The van der Waals surface area contributed by atoms with Gasteiger partial charge in [-0.15, -0.1) is 0 Å². The third-order valence-corrected chi connectivity index (χ3v) is 3.15. The van der Waals surface area contributed by atoms with E-state index in [2.05, 4.69) is 4.98 Å². The van der Waals surface area contributed by atoms with Crippen molar-refractivity contribution in [2.75, 3.05) is 0 Å². The van der Waals surface area contributed by atoms with Crippen molar-refractivity contribution < 1.29 is 13.9 Å². The summed E-state index contributed by atoms with van der Waals surface area (Å²) in [5.41, 5.74) is 0.948. The Morgan fingerprint density at radius 2 is 1.91 bits per heavy atom. The van der Waals surface area contributed by atoms with Crippen LogP contribution in [0.15, 0.2) is 45.6 Å². The van der Waals surface area contributed by atoms with E-state index in [0.717, 1.165) is 0 Å². The number of rotatable bonds is 1. The number of carbonyl (C=O) groups is 1. The Balaban J connectivity index is 2.06. The largest absolute Gasteiger partial charge is 0.453 e. The molecule has 5 heteroatoms. The Labute approximate surface area is 126 Å². The van der Waals surface area contributed by atoms with Gasteiger partial charge in [0, 0.05) is 12.1 Å². The van der Waals surface area contributed by atoms with Crippen LogP contribution in [-0.2, 0) is 4.79 Å². The smallest absolute Gasteiger partial charge is 0.316 e. The molecule has 1 aromatic carbocycles. The second-order valence-corrected chi connectivity index (χ2v) is 6.11. The van der Waals surface area contributed by atoms with Gasteiger partial charge in [0.25, 0.3) is 0 Å². The Kier molecular flexibility index (Phi) is 3.20. The van der Waals surface area contributed by atoms with E-state index in [0.29, 0.717) is 28.3 Å². The number of carbonyl (C=O) groups excluding carboxylic acids is 1. The molecule has 0 unspecified atom stereocenters. The molecule has 0 saturated heterocycles. The van der Waals surface area contributed by atoms with Crippen molar-refractivity contribution in [3.05, 3.63) is 46.6 Å². The van der Waals surface area contributed by atoms with Crippen LogP contribution in [0.25, 0.3) is 22.6 Å². The zero-order valence-corrected chi connectivity index (χ0v) is 12.5. The lowest BCUT2D eigenvalue weighted by Gasteiger charge is -2.16. The van der Waals surface area contributed by atoms with Gasteiger partial charge in [-0.3, -0.25) is 9.59 Å². The molecule has 3 rings (SSSR count). The number of benzene rings is 2. The molecule has 0 spiro atoms. The number of esters is 1. The standard InChI is InChI=1S/C17H15NO4/c1-17(2,3)16(20)21-11-5-7-13-15(9-11)22-14-8-10(19)4-6-12(14)18-13/h4-9H,1-3H3. The minimum Gasteiger partial charge on any atom is -0.453 e. The fourth-order valence-corrected chi connectivity index (χ4v) is 1.91. The van der Waals surface area contributed by atoms with Crippen LogP contribution in [0.4, 0.5) is 0 Å². The first kappa shape index (κ1) is 14.3. The summed E-state index contributed by atoms with van der Waals surface area (Å²) in [5, 5.41) is 0. The number of hydrogen-bond acceptors (Lipinski definition) is 5. The van der Waals surface area contributed by atoms with Gasteiger partial charge in [0.2, 0.25) is 0 Å². The van der Waals surface area contributed by atoms with Crippen LogP contribution in [-0.4, -0.2) is 11.0 Å². The van der Waals surface area contributed by atoms with E-state index in [4.69, 9.17) is 9.15 Å². The number of aromatic nitrogens is 1. The van der Waals surface area contributed by atoms with Crippen LogP contribution in [0.2, 0.25) is 0 Å². The fourth-order valence-electron chi connectivity index (χ4n) is 1.91. The summed E-state index contributed by atoms with van der Waals surface area (Å²) in [5.74, 6) is 0.456. The summed E-state index contributed by atoms with van der Waals surface area (Å²) in [6, 6.07) is 9.43. The van der Waals surface area contributed by atoms with Gasteiger partial charge in [-0.2, -0.15) is 0 Å². The highest BCUT2D eigenvalue weighted by Gasteiger charge is 2.24. The molecule has 0 aromatic heterocycles. The summed E-state index contributed by atoms with van der Waals surface area (Å²) >= 11 is 0.